The molecule has 0 aliphatic heterocycles. The number of hydrogen-bond donors (Lipinski definition) is 1. The number of esters is 1. The van der Waals surface area contributed by atoms with Gasteiger partial charge in [0.05, 0.1) is 20.8 Å². The Labute approximate surface area is 209 Å². The van der Waals surface area contributed by atoms with Gasteiger partial charge in [0, 0.05) is 24.8 Å². The molecule has 0 aromatic heterocycles. The smallest absolute Gasteiger partial charge is 0.373 e. The third-order valence-electron chi connectivity index (χ3n) is 5.57. The first-order valence-corrected chi connectivity index (χ1v) is 12.2. The molecule has 0 radical (unpaired) electrons. The third kappa shape index (κ3) is 8.35. The number of anilines is 1. The fourth-order valence-electron chi connectivity index (χ4n) is 3.45. The zero-order valence-corrected chi connectivity index (χ0v) is 21.6. The van der Waals surface area contributed by atoms with Gasteiger partial charge < -0.3 is 19.5 Å². The minimum atomic E-state index is -0.547. The number of unbranched alkanes of at least 4 members (excludes halogenated alkanes) is 3. The first kappa shape index (κ1) is 27.8. The number of rotatable bonds is 13. The Morgan fingerprint density at radius 3 is 2.43 bits per heavy atom. The van der Waals surface area contributed by atoms with E-state index in [4.69, 9.17) is 14.2 Å². The Morgan fingerprint density at radius 1 is 0.971 bits per heavy atom. The SMILES string of the molecule is CCCCCNC(=O)N(C)c1cccc(-c2ccc(/C=C(/OC)C(=O)OC)cc2OCCCC)c1. The van der Waals surface area contributed by atoms with Gasteiger partial charge in [-0.05, 0) is 48.2 Å². The second-order valence-corrected chi connectivity index (χ2v) is 8.21. The fourth-order valence-corrected chi connectivity index (χ4v) is 3.45. The molecule has 0 heterocycles. The lowest BCUT2D eigenvalue weighted by Crippen LogP contribution is -2.37. The quantitative estimate of drug-likeness (QED) is 0.163. The van der Waals surface area contributed by atoms with Crippen LogP contribution in [0.3, 0.4) is 0 Å². The summed E-state index contributed by atoms with van der Waals surface area (Å²) in [4.78, 5) is 26.1. The Hall–Kier alpha value is -3.48. The number of nitrogens with one attached hydrogen (secondary N) is 1. The van der Waals surface area contributed by atoms with Crippen LogP contribution >= 0.6 is 0 Å². The van der Waals surface area contributed by atoms with Gasteiger partial charge in [-0.3, -0.25) is 4.90 Å². The van der Waals surface area contributed by atoms with E-state index in [9.17, 15) is 9.59 Å². The molecule has 0 fully saturated rings. The molecule has 0 unspecified atom stereocenters. The molecule has 0 aliphatic rings. The van der Waals surface area contributed by atoms with Crippen LogP contribution in [0.1, 0.15) is 51.5 Å². The van der Waals surface area contributed by atoms with Crippen molar-refractivity contribution in [2.75, 3.05) is 39.3 Å². The zero-order valence-electron chi connectivity index (χ0n) is 21.6. The van der Waals surface area contributed by atoms with E-state index in [-0.39, 0.29) is 11.8 Å². The van der Waals surface area contributed by atoms with Crippen molar-refractivity contribution in [3.8, 4) is 16.9 Å². The largest absolute Gasteiger partial charge is 0.493 e. The minimum absolute atomic E-state index is 0.105. The molecule has 2 amide bonds. The lowest BCUT2D eigenvalue weighted by atomic mass is 10.0. The Balaban J connectivity index is 2.35. The Kier molecular flexibility index (Phi) is 11.7. The summed E-state index contributed by atoms with van der Waals surface area (Å²) in [5.41, 5.74) is 3.36. The van der Waals surface area contributed by atoms with Crippen LogP contribution in [0.25, 0.3) is 17.2 Å². The monoisotopic (exact) mass is 482 g/mol. The average molecular weight is 483 g/mol. The number of methoxy groups -OCH3 is 2. The predicted molar refractivity (Wildman–Crippen MR) is 141 cm³/mol. The van der Waals surface area contributed by atoms with E-state index in [1.54, 1.807) is 18.0 Å². The maximum absolute atomic E-state index is 12.6. The first-order valence-electron chi connectivity index (χ1n) is 12.2. The van der Waals surface area contributed by atoms with E-state index in [2.05, 4.69) is 19.2 Å². The highest BCUT2D eigenvalue weighted by molar-refractivity contribution is 5.93. The molecule has 7 heteroatoms. The van der Waals surface area contributed by atoms with Crippen LogP contribution in [-0.4, -0.2) is 46.4 Å². The number of hydrogen-bond acceptors (Lipinski definition) is 5. The summed E-state index contributed by atoms with van der Waals surface area (Å²) in [6, 6.07) is 13.4. The summed E-state index contributed by atoms with van der Waals surface area (Å²) in [5.74, 6) is 0.249. The van der Waals surface area contributed by atoms with Gasteiger partial charge >= 0.3 is 12.0 Å². The number of nitrogens with zero attached hydrogens (tertiary/aromatic N) is 1. The highest BCUT2D eigenvalue weighted by Gasteiger charge is 2.15. The van der Waals surface area contributed by atoms with Gasteiger partial charge in [-0.2, -0.15) is 0 Å². The van der Waals surface area contributed by atoms with Crippen molar-refractivity contribution >= 4 is 23.8 Å². The molecule has 0 spiro atoms. The molecule has 0 saturated carbocycles. The van der Waals surface area contributed by atoms with Crippen LogP contribution in [-0.2, 0) is 14.3 Å². The molecule has 7 nitrogen and oxygen atoms in total. The van der Waals surface area contributed by atoms with Gasteiger partial charge in [-0.1, -0.05) is 57.4 Å². The van der Waals surface area contributed by atoms with Crippen molar-refractivity contribution < 1.29 is 23.8 Å². The molecule has 2 aromatic rings. The molecule has 0 bridgehead atoms. The molecular weight excluding hydrogens is 444 g/mol. The zero-order chi connectivity index (χ0) is 25.6. The molecule has 0 saturated heterocycles. The molecule has 190 valence electrons. The van der Waals surface area contributed by atoms with E-state index in [1.165, 1.54) is 14.2 Å². The van der Waals surface area contributed by atoms with Crippen molar-refractivity contribution in [2.45, 2.75) is 46.0 Å². The van der Waals surface area contributed by atoms with Crippen molar-refractivity contribution in [2.24, 2.45) is 0 Å². The lowest BCUT2D eigenvalue weighted by Gasteiger charge is -2.20. The molecule has 0 aliphatic carbocycles. The Morgan fingerprint density at radius 2 is 1.74 bits per heavy atom. The summed E-state index contributed by atoms with van der Waals surface area (Å²) in [6.07, 6.45) is 6.73. The van der Waals surface area contributed by atoms with Crippen LogP contribution < -0.4 is 15.0 Å². The number of carbonyl (C=O) groups excluding carboxylic acids is 2. The summed E-state index contributed by atoms with van der Waals surface area (Å²) >= 11 is 0. The molecule has 1 N–H and O–H groups in total. The van der Waals surface area contributed by atoms with E-state index in [1.807, 2.05) is 42.5 Å². The molecule has 35 heavy (non-hydrogen) atoms. The summed E-state index contributed by atoms with van der Waals surface area (Å²) < 4.78 is 16.1. The number of ether oxygens (including phenoxy) is 3. The summed E-state index contributed by atoms with van der Waals surface area (Å²) in [7, 11) is 4.50. The second-order valence-electron chi connectivity index (χ2n) is 8.21. The van der Waals surface area contributed by atoms with Crippen LogP contribution in [0.4, 0.5) is 10.5 Å². The van der Waals surface area contributed by atoms with E-state index < -0.39 is 5.97 Å². The van der Waals surface area contributed by atoms with Crippen molar-refractivity contribution in [3.63, 3.8) is 0 Å². The first-order chi connectivity index (χ1) is 16.9. The molecule has 0 atom stereocenters. The number of urea groups is 1. The highest BCUT2D eigenvalue weighted by Crippen LogP contribution is 2.34. The molecular formula is C28H38N2O5. The van der Waals surface area contributed by atoms with Crippen molar-refractivity contribution in [1.29, 1.82) is 0 Å². The number of amides is 2. The van der Waals surface area contributed by atoms with Gasteiger partial charge in [-0.15, -0.1) is 0 Å². The number of benzene rings is 2. The third-order valence-corrected chi connectivity index (χ3v) is 5.57. The average Bonchev–Trinajstić information content (AvgIpc) is 2.89. The topological polar surface area (TPSA) is 77.1 Å². The maximum Gasteiger partial charge on any atom is 0.373 e. The van der Waals surface area contributed by atoms with Crippen molar-refractivity contribution in [1.82, 2.24) is 5.32 Å². The van der Waals surface area contributed by atoms with Gasteiger partial charge in [0.25, 0.3) is 0 Å². The number of carbonyl (C=O) groups is 2. The van der Waals surface area contributed by atoms with Crippen LogP contribution in [0.5, 0.6) is 5.75 Å². The Bertz CT molecular complexity index is 1000. The van der Waals surface area contributed by atoms with Gasteiger partial charge in [0.1, 0.15) is 5.75 Å². The van der Waals surface area contributed by atoms with E-state index in [0.717, 1.165) is 54.5 Å². The van der Waals surface area contributed by atoms with Crippen LogP contribution in [0, 0.1) is 0 Å². The van der Waals surface area contributed by atoms with E-state index >= 15 is 0 Å². The second kappa shape index (κ2) is 14.7. The predicted octanol–water partition coefficient (Wildman–Crippen LogP) is 6.03. The molecule has 2 rings (SSSR count). The highest BCUT2D eigenvalue weighted by atomic mass is 16.6. The van der Waals surface area contributed by atoms with Crippen LogP contribution in [0.15, 0.2) is 48.2 Å². The standard InChI is InChI=1S/C28H38N2O5/c1-6-8-10-16-29-28(32)30(3)23-13-11-12-22(20-23)24-15-14-21(18-25(24)35-17-9-7-2)19-26(33-4)27(31)34-5/h11-15,18-20H,6-10,16-17H2,1-5H3,(H,29,32)/b26-19+. The summed E-state index contributed by atoms with van der Waals surface area (Å²) in [5, 5.41) is 2.97. The normalized spacial score (nSPS) is 11.1. The van der Waals surface area contributed by atoms with E-state index in [0.29, 0.717) is 18.9 Å². The fraction of sp³-hybridized carbons (Fsp3) is 0.429. The lowest BCUT2D eigenvalue weighted by molar-refractivity contribution is -0.139. The minimum Gasteiger partial charge on any atom is -0.493 e. The van der Waals surface area contributed by atoms with Crippen LogP contribution in [0.2, 0.25) is 0 Å². The molecule has 2 aromatic carbocycles. The van der Waals surface area contributed by atoms with Gasteiger partial charge in [-0.25, -0.2) is 9.59 Å². The van der Waals surface area contributed by atoms with Gasteiger partial charge in [0.2, 0.25) is 5.76 Å². The summed E-state index contributed by atoms with van der Waals surface area (Å²) in [6.45, 7) is 5.48. The van der Waals surface area contributed by atoms with Crippen molar-refractivity contribution in [3.05, 3.63) is 53.8 Å². The maximum atomic E-state index is 12.6. The van der Waals surface area contributed by atoms with Gasteiger partial charge in [0.15, 0.2) is 0 Å².